The molecule has 0 amide bonds. The first-order valence-electron chi connectivity index (χ1n) is 7.44. The number of nitroso groups, excluding NO2 is 1. The molecule has 0 aliphatic heterocycles. The Bertz CT molecular complexity index is 270. The van der Waals surface area contributed by atoms with E-state index in [1.54, 1.807) is 0 Å². The Morgan fingerprint density at radius 2 is 1.63 bits per heavy atom. The van der Waals surface area contributed by atoms with Crippen molar-refractivity contribution >= 4 is 5.97 Å². The van der Waals surface area contributed by atoms with Crippen molar-refractivity contribution in [3.63, 3.8) is 0 Å². The minimum absolute atomic E-state index is 0.0289. The maximum Gasteiger partial charge on any atom is 0.306 e. The van der Waals surface area contributed by atoms with Gasteiger partial charge < -0.3 is 5.11 Å². The third-order valence-corrected chi connectivity index (χ3v) is 4.21. The minimum Gasteiger partial charge on any atom is -0.481 e. The van der Waals surface area contributed by atoms with Crippen LogP contribution in [0.3, 0.4) is 0 Å². The van der Waals surface area contributed by atoms with Gasteiger partial charge in [0.1, 0.15) is 0 Å². The second-order valence-electron chi connectivity index (χ2n) is 5.85. The molecule has 2 saturated carbocycles. The third-order valence-electron chi connectivity index (χ3n) is 4.21. The lowest BCUT2D eigenvalue weighted by Crippen LogP contribution is -2.28. The van der Waals surface area contributed by atoms with Gasteiger partial charge in [0.25, 0.3) is 0 Å². The van der Waals surface area contributed by atoms with Crippen molar-refractivity contribution in [1.29, 1.82) is 0 Å². The first kappa shape index (κ1) is 15.9. The molecule has 0 unspecified atom stereocenters. The van der Waals surface area contributed by atoms with Gasteiger partial charge in [0.05, 0.1) is 5.92 Å². The van der Waals surface area contributed by atoms with E-state index >= 15 is 0 Å². The zero-order valence-electron chi connectivity index (χ0n) is 11.8. The summed E-state index contributed by atoms with van der Waals surface area (Å²) in [7, 11) is 0. The van der Waals surface area contributed by atoms with Crippen LogP contribution in [0.5, 0.6) is 0 Å². The van der Waals surface area contributed by atoms with Gasteiger partial charge in [-0.05, 0) is 44.4 Å². The first-order valence-corrected chi connectivity index (χ1v) is 7.44. The number of nitrogens with one attached hydrogen (secondary N) is 1. The predicted molar refractivity (Wildman–Crippen MR) is 74.6 cm³/mol. The maximum absolute atomic E-state index is 10.4. The number of rotatable bonds is 3. The molecule has 2 aliphatic rings. The van der Waals surface area contributed by atoms with Crippen molar-refractivity contribution in [2.24, 2.45) is 17.1 Å². The fourth-order valence-electron chi connectivity index (χ4n) is 2.81. The zero-order valence-corrected chi connectivity index (χ0v) is 11.8. The fraction of sp³-hybridized carbons (Fsp3) is 0.929. The molecule has 0 saturated heterocycles. The fourth-order valence-corrected chi connectivity index (χ4v) is 2.81. The van der Waals surface area contributed by atoms with Crippen molar-refractivity contribution in [3.8, 4) is 0 Å². The maximum atomic E-state index is 10.4. The summed E-state index contributed by atoms with van der Waals surface area (Å²) in [6.45, 7) is 2.25. The van der Waals surface area contributed by atoms with Crippen LogP contribution in [0.15, 0.2) is 5.29 Å². The molecule has 0 aromatic carbocycles. The summed E-state index contributed by atoms with van der Waals surface area (Å²) in [6.07, 6.45) is 9.91. The van der Waals surface area contributed by atoms with Crippen LogP contribution < -0.4 is 5.43 Å². The summed E-state index contributed by atoms with van der Waals surface area (Å²) in [5, 5.41) is 11.2. The van der Waals surface area contributed by atoms with Gasteiger partial charge in [-0.1, -0.05) is 26.2 Å². The van der Waals surface area contributed by atoms with E-state index in [4.69, 9.17) is 5.11 Å². The van der Waals surface area contributed by atoms with E-state index in [1.807, 2.05) is 0 Å². The summed E-state index contributed by atoms with van der Waals surface area (Å²) in [6, 6.07) is 0.355. The Hall–Kier alpha value is -1.13. The molecular formula is C14H26N2O3. The van der Waals surface area contributed by atoms with Crippen LogP contribution in [0.2, 0.25) is 0 Å². The van der Waals surface area contributed by atoms with Crippen LogP contribution in [0.4, 0.5) is 0 Å². The minimum atomic E-state index is -0.602. The summed E-state index contributed by atoms with van der Waals surface area (Å²) in [5.74, 6) is 0.207. The Morgan fingerprint density at radius 1 is 1.05 bits per heavy atom. The van der Waals surface area contributed by atoms with E-state index in [2.05, 4.69) is 17.6 Å². The summed E-state index contributed by atoms with van der Waals surface area (Å²) >= 11 is 0. The number of nitrogens with zero attached hydrogens (tertiary/aromatic N) is 1. The average Bonchev–Trinajstić information content (AvgIpc) is 2.43. The molecule has 0 radical (unpaired) electrons. The van der Waals surface area contributed by atoms with Crippen molar-refractivity contribution in [2.75, 3.05) is 0 Å². The lowest BCUT2D eigenvalue weighted by Gasteiger charge is -2.24. The molecule has 2 aliphatic carbocycles. The van der Waals surface area contributed by atoms with E-state index in [0.717, 1.165) is 44.4 Å². The first-order chi connectivity index (χ1) is 9.13. The molecule has 2 N–H and O–H groups in total. The summed E-state index contributed by atoms with van der Waals surface area (Å²) in [4.78, 5) is 20.1. The van der Waals surface area contributed by atoms with Gasteiger partial charge in [0.2, 0.25) is 0 Å². The molecule has 0 spiro atoms. The van der Waals surface area contributed by atoms with Gasteiger partial charge in [-0.15, -0.1) is 4.91 Å². The van der Waals surface area contributed by atoms with Gasteiger partial charge in [-0.3, -0.25) is 10.2 Å². The molecule has 5 nitrogen and oxygen atoms in total. The lowest BCUT2D eigenvalue weighted by atomic mass is 9.88. The smallest absolute Gasteiger partial charge is 0.306 e. The van der Waals surface area contributed by atoms with Gasteiger partial charge in [0.15, 0.2) is 0 Å². The highest BCUT2D eigenvalue weighted by Crippen LogP contribution is 2.23. The Kier molecular flexibility index (Phi) is 7.45. The second-order valence-corrected chi connectivity index (χ2v) is 5.85. The molecular weight excluding hydrogens is 244 g/mol. The molecule has 110 valence electrons. The molecule has 2 rings (SSSR count). The predicted octanol–water partition coefficient (Wildman–Crippen LogP) is 3.49. The van der Waals surface area contributed by atoms with Crippen molar-refractivity contribution < 1.29 is 9.90 Å². The highest BCUT2D eigenvalue weighted by atomic mass is 16.4. The van der Waals surface area contributed by atoms with Gasteiger partial charge >= 0.3 is 5.97 Å². The molecule has 2 fully saturated rings. The molecule has 5 heteroatoms. The van der Waals surface area contributed by atoms with E-state index in [0.29, 0.717) is 6.04 Å². The van der Waals surface area contributed by atoms with Crippen LogP contribution in [0.25, 0.3) is 0 Å². The SMILES string of the molecule is CC1CCC(NN=O)CC1.O=C(O)C1CCCCC1. The molecule has 0 bridgehead atoms. The van der Waals surface area contributed by atoms with Gasteiger partial charge in [-0.2, -0.15) is 0 Å². The molecule has 0 aromatic heterocycles. The number of hydrogen-bond donors (Lipinski definition) is 2. The monoisotopic (exact) mass is 270 g/mol. The second kappa shape index (κ2) is 8.88. The Labute approximate surface area is 115 Å². The molecule has 0 aromatic rings. The molecule has 0 heterocycles. The van der Waals surface area contributed by atoms with Crippen LogP contribution in [-0.2, 0) is 4.79 Å². The van der Waals surface area contributed by atoms with Crippen LogP contribution in [0, 0.1) is 16.7 Å². The van der Waals surface area contributed by atoms with Crippen molar-refractivity contribution in [3.05, 3.63) is 4.91 Å². The summed E-state index contributed by atoms with van der Waals surface area (Å²) in [5.41, 5.74) is 2.57. The van der Waals surface area contributed by atoms with Crippen LogP contribution in [-0.4, -0.2) is 17.1 Å². The standard InChI is InChI=1S/C7H14N2O.C7H12O2/c1-6-2-4-7(5-3-6)8-9-10;8-7(9)6-4-2-1-3-5-6/h6-7H,2-5H2,1H3,(H,8,10);6H,1-5H2,(H,8,9). The van der Waals surface area contributed by atoms with Crippen molar-refractivity contribution in [1.82, 2.24) is 5.43 Å². The quantitative estimate of drug-likeness (QED) is 0.607. The average molecular weight is 270 g/mol. The van der Waals surface area contributed by atoms with E-state index < -0.39 is 5.97 Å². The van der Waals surface area contributed by atoms with Gasteiger partial charge in [-0.25, -0.2) is 0 Å². The van der Waals surface area contributed by atoms with Gasteiger partial charge in [0, 0.05) is 11.3 Å². The normalized spacial score (nSPS) is 27.8. The highest BCUT2D eigenvalue weighted by Gasteiger charge is 2.19. The highest BCUT2D eigenvalue weighted by molar-refractivity contribution is 5.69. The van der Waals surface area contributed by atoms with E-state index in [-0.39, 0.29) is 5.92 Å². The van der Waals surface area contributed by atoms with Crippen LogP contribution >= 0.6 is 0 Å². The summed E-state index contributed by atoms with van der Waals surface area (Å²) < 4.78 is 0. The lowest BCUT2D eigenvalue weighted by molar-refractivity contribution is -0.142. The number of aliphatic carboxylic acids is 1. The Morgan fingerprint density at radius 3 is 2.05 bits per heavy atom. The third kappa shape index (κ3) is 6.55. The van der Waals surface area contributed by atoms with E-state index in [1.165, 1.54) is 19.3 Å². The molecule has 0 atom stereocenters. The largest absolute Gasteiger partial charge is 0.481 e. The molecule has 19 heavy (non-hydrogen) atoms. The van der Waals surface area contributed by atoms with E-state index in [9.17, 15) is 9.70 Å². The van der Waals surface area contributed by atoms with Crippen LogP contribution in [0.1, 0.15) is 64.7 Å². The topological polar surface area (TPSA) is 78.8 Å². The number of carboxylic acids is 1. The Balaban J connectivity index is 0.000000191. The zero-order chi connectivity index (χ0) is 14.1. The van der Waals surface area contributed by atoms with Crippen molar-refractivity contribution in [2.45, 2.75) is 70.8 Å². The number of carbonyl (C=O) groups is 1. The number of carboxylic acid groups (broad SMARTS) is 1. The number of hydrogen-bond acceptors (Lipinski definition) is 3.